The maximum absolute atomic E-state index is 9.61. The summed E-state index contributed by atoms with van der Waals surface area (Å²) in [4.78, 5) is 0. The predicted octanol–water partition coefficient (Wildman–Crippen LogP) is 2.74. The molecule has 3 heteroatoms. The van der Waals surface area contributed by atoms with E-state index in [1.807, 2.05) is 31.3 Å². The number of nitrogens with zero attached hydrogens (tertiary/aromatic N) is 1. The molecule has 13 heavy (non-hydrogen) atoms. The van der Waals surface area contributed by atoms with Crippen LogP contribution >= 0.6 is 11.5 Å². The van der Waals surface area contributed by atoms with Gasteiger partial charge in [-0.1, -0.05) is 13.0 Å². The van der Waals surface area contributed by atoms with Gasteiger partial charge in [-0.25, -0.2) is 0 Å². The molecule has 0 bridgehead atoms. The fourth-order valence-corrected chi connectivity index (χ4v) is 1.96. The van der Waals surface area contributed by atoms with E-state index in [1.165, 1.54) is 16.2 Å². The topological polar surface area (TPSA) is 33.1 Å². The minimum absolute atomic E-state index is 0.343. The molecule has 1 aromatic carbocycles. The molecule has 68 valence electrons. The highest BCUT2D eigenvalue weighted by atomic mass is 32.1. The molecule has 0 aliphatic carbocycles. The fourth-order valence-electron chi connectivity index (χ4n) is 1.33. The van der Waals surface area contributed by atoms with Gasteiger partial charge in [0, 0.05) is 11.6 Å². The van der Waals surface area contributed by atoms with E-state index >= 15 is 0 Å². The summed E-state index contributed by atoms with van der Waals surface area (Å²) in [6, 6.07) is 5.99. The lowest BCUT2D eigenvalue weighted by Gasteiger charge is -2.06. The summed E-state index contributed by atoms with van der Waals surface area (Å²) in [6.07, 6.45) is 2.25. The third kappa shape index (κ3) is 1.57. The van der Waals surface area contributed by atoms with Crippen molar-refractivity contribution in [2.75, 3.05) is 0 Å². The summed E-state index contributed by atoms with van der Waals surface area (Å²) in [7, 11) is 0. The molecule has 1 aromatic heterocycles. The van der Waals surface area contributed by atoms with Crippen molar-refractivity contribution in [3.63, 3.8) is 0 Å². The van der Waals surface area contributed by atoms with Crippen LogP contribution in [0.25, 0.3) is 10.1 Å². The van der Waals surface area contributed by atoms with Crippen molar-refractivity contribution >= 4 is 21.6 Å². The Morgan fingerprint density at radius 3 is 3.15 bits per heavy atom. The Kier molecular flexibility index (Phi) is 2.29. The normalized spacial score (nSPS) is 13.4. The molecule has 1 heterocycles. The Labute approximate surface area is 81.0 Å². The van der Waals surface area contributed by atoms with E-state index < -0.39 is 0 Å². The first kappa shape index (κ1) is 8.66. The highest BCUT2D eigenvalue weighted by Crippen LogP contribution is 2.23. The highest BCUT2D eigenvalue weighted by Gasteiger charge is 2.05. The maximum Gasteiger partial charge on any atom is 0.0787 e. The molecule has 1 atom stereocenters. The number of fused-ring (bicyclic) bond motifs is 1. The van der Waals surface area contributed by atoms with Crippen LogP contribution < -0.4 is 0 Å². The first-order chi connectivity index (χ1) is 6.31. The first-order valence-corrected chi connectivity index (χ1v) is 5.11. The molecular weight excluding hydrogens is 182 g/mol. The fraction of sp³-hybridized carbons (Fsp3) is 0.300. The van der Waals surface area contributed by atoms with E-state index in [-0.39, 0.29) is 6.10 Å². The zero-order chi connectivity index (χ0) is 9.26. The van der Waals surface area contributed by atoms with E-state index in [2.05, 4.69) is 4.37 Å². The van der Waals surface area contributed by atoms with Crippen LogP contribution in [0.15, 0.2) is 24.4 Å². The number of benzene rings is 1. The Balaban J connectivity index is 2.48. The molecule has 0 radical (unpaired) electrons. The smallest absolute Gasteiger partial charge is 0.0787 e. The molecule has 1 N–H and O–H groups in total. The minimum atomic E-state index is -0.343. The van der Waals surface area contributed by atoms with E-state index in [0.29, 0.717) is 0 Å². The van der Waals surface area contributed by atoms with Gasteiger partial charge in [0.25, 0.3) is 0 Å². The standard InChI is InChI=1S/C10H11NOS/c1-2-9(12)7-3-4-10-8(5-7)6-11-13-10/h3-6,9,12H,2H2,1H3. The van der Waals surface area contributed by atoms with Crippen LogP contribution in [0.5, 0.6) is 0 Å². The quantitative estimate of drug-likeness (QED) is 0.795. The van der Waals surface area contributed by atoms with Gasteiger partial charge in [-0.3, -0.25) is 0 Å². The lowest BCUT2D eigenvalue weighted by atomic mass is 10.1. The molecule has 0 saturated carbocycles. The summed E-state index contributed by atoms with van der Waals surface area (Å²) < 4.78 is 5.26. The predicted molar refractivity (Wildman–Crippen MR) is 54.9 cm³/mol. The van der Waals surface area contributed by atoms with E-state index in [4.69, 9.17) is 0 Å². The monoisotopic (exact) mass is 193 g/mol. The Morgan fingerprint density at radius 2 is 2.38 bits per heavy atom. The zero-order valence-electron chi connectivity index (χ0n) is 7.40. The Morgan fingerprint density at radius 1 is 1.54 bits per heavy atom. The second-order valence-electron chi connectivity index (χ2n) is 3.05. The van der Waals surface area contributed by atoms with Crippen molar-refractivity contribution < 1.29 is 5.11 Å². The minimum Gasteiger partial charge on any atom is -0.388 e. The molecule has 2 rings (SSSR count). The molecule has 1 unspecified atom stereocenters. The average molecular weight is 193 g/mol. The molecule has 0 fully saturated rings. The van der Waals surface area contributed by atoms with Gasteiger partial charge in [0.15, 0.2) is 0 Å². The molecular formula is C10H11NOS. The van der Waals surface area contributed by atoms with E-state index in [9.17, 15) is 5.11 Å². The number of aliphatic hydroxyl groups is 1. The third-order valence-electron chi connectivity index (χ3n) is 2.15. The van der Waals surface area contributed by atoms with Gasteiger partial charge in [-0.2, -0.15) is 4.37 Å². The van der Waals surface area contributed by atoms with Gasteiger partial charge in [0.05, 0.1) is 10.8 Å². The number of aromatic nitrogens is 1. The van der Waals surface area contributed by atoms with Gasteiger partial charge in [-0.15, -0.1) is 0 Å². The lowest BCUT2D eigenvalue weighted by Crippen LogP contribution is -1.93. The first-order valence-electron chi connectivity index (χ1n) is 4.33. The van der Waals surface area contributed by atoms with Crippen molar-refractivity contribution in [1.82, 2.24) is 4.37 Å². The van der Waals surface area contributed by atoms with Crippen LogP contribution in [0.2, 0.25) is 0 Å². The van der Waals surface area contributed by atoms with E-state index in [0.717, 1.165) is 17.4 Å². The molecule has 2 nitrogen and oxygen atoms in total. The van der Waals surface area contributed by atoms with Crippen LogP contribution in [-0.4, -0.2) is 9.48 Å². The number of aliphatic hydroxyl groups excluding tert-OH is 1. The summed E-state index contributed by atoms with van der Waals surface area (Å²) >= 11 is 1.48. The van der Waals surface area contributed by atoms with Gasteiger partial charge < -0.3 is 5.11 Å². The molecule has 0 saturated heterocycles. The molecule has 0 amide bonds. The molecule has 0 aliphatic heterocycles. The summed E-state index contributed by atoms with van der Waals surface area (Å²) in [5.74, 6) is 0. The van der Waals surface area contributed by atoms with Crippen molar-refractivity contribution in [3.8, 4) is 0 Å². The summed E-state index contributed by atoms with van der Waals surface area (Å²) in [5.41, 5.74) is 0.982. The van der Waals surface area contributed by atoms with Gasteiger partial charge >= 0.3 is 0 Å². The van der Waals surface area contributed by atoms with Crippen LogP contribution in [0.4, 0.5) is 0 Å². The SMILES string of the molecule is CCC(O)c1ccc2sncc2c1. The van der Waals surface area contributed by atoms with Crippen molar-refractivity contribution in [1.29, 1.82) is 0 Å². The average Bonchev–Trinajstić information content (AvgIpc) is 2.63. The highest BCUT2D eigenvalue weighted by molar-refractivity contribution is 7.13. The van der Waals surface area contributed by atoms with Gasteiger partial charge in [0.2, 0.25) is 0 Å². The Bertz CT molecular complexity index is 410. The molecule has 2 aromatic rings. The second-order valence-corrected chi connectivity index (χ2v) is 3.88. The van der Waals surface area contributed by atoms with Crippen LogP contribution in [0, 0.1) is 0 Å². The molecule has 0 aliphatic rings. The van der Waals surface area contributed by atoms with Crippen LogP contribution in [-0.2, 0) is 0 Å². The van der Waals surface area contributed by atoms with Crippen LogP contribution in [0.3, 0.4) is 0 Å². The lowest BCUT2D eigenvalue weighted by molar-refractivity contribution is 0.174. The molecule has 0 spiro atoms. The van der Waals surface area contributed by atoms with E-state index in [1.54, 1.807) is 0 Å². The summed E-state index contributed by atoms with van der Waals surface area (Å²) in [5, 5.41) is 10.7. The zero-order valence-corrected chi connectivity index (χ0v) is 8.21. The second kappa shape index (κ2) is 3.44. The maximum atomic E-state index is 9.61. The van der Waals surface area contributed by atoms with Gasteiger partial charge in [0.1, 0.15) is 0 Å². The third-order valence-corrected chi connectivity index (χ3v) is 2.93. The van der Waals surface area contributed by atoms with Crippen molar-refractivity contribution in [2.45, 2.75) is 19.4 Å². The van der Waals surface area contributed by atoms with Crippen molar-refractivity contribution in [3.05, 3.63) is 30.0 Å². The van der Waals surface area contributed by atoms with Crippen LogP contribution in [0.1, 0.15) is 25.0 Å². The number of hydrogen-bond donors (Lipinski definition) is 1. The number of rotatable bonds is 2. The summed E-state index contributed by atoms with van der Waals surface area (Å²) in [6.45, 7) is 1.97. The Hall–Kier alpha value is -0.930. The largest absolute Gasteiger partial charge is 0.388 e. The van der Waals surface area contributed by atoms with Gasteiger partial charge in [-0.05, 0) is 35.6 Å². The van der Waals surface area contributed by atoms with Crippen molar-refractivity contribution in [2.24, 2.45) is 0 Å². The number of hydrogen-bond acceptors (Lipinski definition) is 3.